The van der Waals surface area contributed by atoms with E-state index < -0.39 is 0 Å². The summed E-state index contributed by atoms with van der Waals surface area (Å²) in [6.45, 7) is 3.11. The van der Waals surface area contributed by atoms with Crippen molar-refractivity contribution in [1.29, 1.82) is 0 Å². The Kier molecular flexibility index (Phi) is 4.26. The monoisotopic (exact) mass is 317 g/mol. The zero-order chi connectivity index (χ0) is 10.5. The number of ether oxygens (including phenoxy) is 1. The molecule has 15 heavy (non-hydrogen) atoms. The van der Waals surface area contributed by atoms with E-state index in [0.717, 1.165) is 18.9 Å². The highest BCUT2D eigenvalue weighted by Crippen LogP contribution is 2.16. The molecule has 0 saturated carbocycles. The highest BCUT2D eigenvalue weighted by atomic mass is 127. The van der Waals surface area contributed by atoms with Crippen LogP contribution in [0.3, 0.4) is 0 Å². The zero-order valence-electron chi connectivity index (χ0n) is 8.71. The Balaban J connectivity index is 1.79. The number of hydrogen-bond acceptors (Lipinski definition) is 2. The van der Waals surface area contributed by atoms with Crippen molar-refractivity contribution in [2.45, 2.75) is 12.8 Å². The first-order valence-electron chi connectivity index (χ1n) is 5.44. The molecular weight excluding hydrogens is 301 g/mol. The van der Waals surface area contributed by atoms with Crippen molar-refractivity contribution in [2.75, 3.05) is 19.7 Å². The van der Waals surface area contributed by atoms with E-state index in [1.807, 2.05) is 12.1 Å². The van der Waals surface area contributed by atoms with E-state index in [4.69, 9.17) is 4.74 Å². The Morgan fingerprint density at radius 3 is 2.80 bits per heavy atom. The van der Waals surface area contributed by atoms with Crippen LogP contribution in [0.25, 0.3) is 0 Å². The molecule has 0 spiro atoms. The number of halogens is 1. The van der Waals surface area contributed by atoms with Gasteiger partial charge in [-0.25, -0.2) is 0 Å². The van der Waals surface area contributed by atoms with Gasteiger partial charge in [-0.05, 0) is 66.2 Å². The maximum absolute atomic E-state index is 5.76. The number of hydrogen-bond donors (Lipinski definition) is 1. The molecule has 1 saturated heterocycles. The quantitative estimate of drug-likeness (QED) is 0.866. The van der Waals surface area contributed by atoms with Crippen molar-refractivity contribution >= 4 is 22.6 Å². The van der Waals surface area contributed by atoms with Crippen molar-refractivity contribution in [3.05, 3.63) is 27.8 Å². The van der Waals surface area contributed by atoms with Gasteiger partial charge in [0.05, 0.1) is 6.61 Å². The van der Waals surface area contributed by atoms with E-state index >= 15 is 0 Å². The Morgan fingerprint density at radius 2 is 2.13 bits per heavy atom. The van der Waals surface area contributed by atoms with Crippen LogP contribution in [0.15, 0.2) is 24.3 Å². The van der Waals surface area contributed by atoms with E-state index in [2.05, 4.69) is 40.0 Å². The molecule has 1 aromatic carbocycles. The van der Waals surface area contributed by atoms with Gasteiger partial charge < -0.3 is 10.1 Å². The minimum absolute atomic E-state index is 0.679. The molecule has 1 aliphatic heterocycles. The molecule has 1 fully saturated rings. The topological polar surface area (TPSA) is 21.3 Å². The minimum Gasteiger partial charge on any atom is -0.493 e. The first kappa shape index (κ1) is 11.2. The van der Waals surface area contributed by atoms with Crippen LogP contribution in [-0.4, -0.2) is 19.7 Å². The lowest BCUT2D eigenvalue weighted by Gasteiger charge is -2.22. The fourth-order valence-electron chi connectivity index (χ4n) is 1.81. The second kappa shape index (κ2) is 5.70. The van der Waals surface area contributed by atoms with Gasteiger partial charge in [-0.15, -0.1) is 0 Å². The van der Waals surface area contributed by atoms with Gasteiger partial charge in [-0.2, -0.15) is 0 Å². The van der Waals surface area contributed by atoms with Crippen LogP contribution in [0.4, 0.5) is 0 Å². The van der Waals surface area contributed by atoms with E-state index in [1.165, 1.54) is 23.0 Å². The summed E-state index contributed by atoms with van der Waals surface area (Å²) in [6, 6.07) is 8.24. The zero-order valence-corrected chi connectivity index (χ0v) is 10.9. The smallest absolute Gasteiger partial charge is 0.119 e. The van der Waals surface area contributed by atoms with E-state index in [-0.39, 0.29) is 0 Å². The van der Waals surface area contributed by atoms with Crippen molar-refractivity contribution in [3.63, 3.8) is 0 Å². The van der Waals surface area contributed by atoms with Crippen LogP contribution in [0, 0.1) is 9.49 Å². The molecule has 1 heterocycles. The maximum Gasteiger partial charge on any atom is 0.119 e. The Labute approximate surface area is 105 Å². The summed E-state index contributed by atoms with van der Waals surface area (Å²) < 4.78 is 7.01. The third-order valence-electron chi connectivity index (χ3n) is 2.70. The van der Waals surface area contributed by atoms with E-state index in [0.29, 0.717) is 5.92 Å². The second-order valence-corrected chi connectivity index (χ2v) is 5.22. The minimum atomic E-state index is 0.679. The van der Waals surface area contributed by atoms with Crippen LogP contribution in [-0.2, 0) is 0 Å². The summed E-state index contributed by atoms with van der Waals surface area (Å²) in [5.41, 5.74) is 0. The summed E-state index contributed by atoms with van der Waals surface area (Å²) in [4.78, 5) is 0. The molecule has 82 valence electrons. The van der Waals surface area contributed by atoms with Crippen molar-refractivity contribution in [2.24, 2.45) is 5.92 Å². The first-order valence-corrected chi connectivity index (χ1v) is 6.51. The van der Waals surface area contributed by atoms with Gasteiger partial charge in [-0.1, -0.05) is 0 Å². The Morgan fingerprint density at radius 1 is 1.33 bits per heavy atom. The van der Waals surface area contributed by atoms with Gasteiger partial charge in [-0.3, -0.25) is 0 Å². The maximum atomic E-state index is 5.76. The Bertz CT molecular complexity index is 293. The molecule has 2 nitrogen and oxygen atoms in total. The standard InChI is InChI=1S/C12H16INO/c13-11-3-5-12(6-4-11)15-9-10-2-1-7-14-8-10/h3-6,10,14H,1-2,7-9H2/t10-/m0/s1. The predicted molar refractivity (Wildman–Crippen MR) is 70.2 cm³/mol. The third-order valence-corrected chi connectivity index (χ3v) is 3.42. The first-order chi connectivity index (χ1) is 7.34. The number of rotatable bonds is 3. The van der Waals surface area contributed by atoms with Gasteiger partial charge >= 0.3 is 0 Å². The molecule has 0 aliphatic carbocycles. The summed E-state index contributed by atoms with van der Waals surface area (Å²) in [5.74, 6) is 1.67. The SMILES string of the molecule is Ic1ccc(OC[C@H]2CCCNC2)cc1. The fraction of sp³-hybridized carbons (Fsp3) is 0.500. The molecule has 1 N–H and O–H groups in total. The van der Waals surface area contributed by atoms with Gasteiger partial charge in [0.25, 0.3) is 0 Å². The molecule has 0 amide bonds. The van der Waals surface area contributed by atoms with Gasteiger partial charge in [0, 0.05) is 16.0 Å². The van der Waals surface area contributed by atoms with Crippen LogP contribution >= 0.6 is 22.6 Å². The predicted octanol–water partition coefficient (Wildman–Crippen LogP) is 2.67. The third kappa shape index (κ3) is 3.65. The summed E-state index contributed by atoms with van der Waals surface area (Å²) in [5, 5.41) is 3.40. The molecular formula is C12H16INO. The van der Waals surface area contributed by atoms with E-state index in [9.17, 15) is 0 Å². The second-order valence-electron chi connectivity index (χ2n) is 3.98. The summed E-state index contributed by atoms with van der Waals surface area (Å²) in [7, 11) is 0. The molecule has 1 aromatic rings. The van der Waals surface area contributed by atoms with Crippen LogP contribution < -0.4 is 10.1 Å². The van der Waals surface area contributed by atoms with Crippen LogP contribution in [0.5, 0.6) is 5.75 Å². The van der Waals surface area contributed by atoms with Gasteiger partial charge in [0.2, 0.25) is 0 Å². The summed E-state index contributed by atoms with van der Waals surface area (Å²) in [6.07, 6.45) is 2.57. The van der Waals surface area contributed by atoms with Crippen LogP contribution in [0.1, 0.15) is 12.8 Å². The lowest BCUT2D eigenvalue weighted by atomic mass is 10.0. The highest BCUT2D eigenvalue weighted by Gasteiger charge is 2.13. The molecule has 1 atom stereocenters. The van der Waals surface area contributed by atoms with Crippen molar-refractivity contribution < 1.29 is 4.74 Å². The normalized spacial score (nSPS) is 21.3. The molecule has 1 aliphatic rings. The van der Waals surface area contributed by atoms with Gasteiger partial charge in [0.15, 0.2) is 0 Å². The number of benzene rings is 1. The molecule has 2 rings (SSSR count). The largest absolute Gasteiger partial charge is 0.493 e. The molecule has 0 radical (unpaired) electrons. The lowest BCUT2D eigenvalue weighted by Crippen LogP contribution is -2.33. The lowest BCUT2D eigenvalue weighted by molar-refractivity contribution is 0.218. The molecule has 0 aromatic heterocycles. The average molecular weight is 317 g/mol. The van der Waals surface area contributed by atoms with Crippen molar-refractivity contribution in [1.82, 2.24) is 5.32 Å². The fourth-order valence-corrected chi connectivity index (χ4v) is 2.17. The van der Waals surface area contributed by atoms with Crippen molar-refractivity contribution in [3.8, 4) is 5.75 Å². The number of piperidine rings is 1. The highest BCUT2D eigenvalue weighted by molar-refractivity contribution is 14.1. The average Bonchev–Trinajstić information content (AvgIpc) is 2.30. The molecule has 0 unspecified atom stereocenters. The molecule has 0 bridgehead atoms. The van der Waals surface area contributed by atoms with Gasteiger partial charge in [0.1, 0.15) is 5.75 Å². The Hall–Kier alpha value is -0.290. The number of nitrogens with one attached hydrogen (secondary N) is 1. The summed E-state index contributed by atoms with van der Waals surface area (Å²) >= 11 is 2.30. The van der Waals surface area contributed by atoms with E-state index in [1.54, 1.807) is 0 Å². The van der Waals surface area contributed by atoms with Crippen LogP contribution in [0.2, 0.25) is 0 Å². The molecule has 3 heteroatoms.